The zero-order valence-corrected chi connectivity index (χ0v) is 8.70. The molecule has 0 spiro atoms. The van der Waals surface area contributed by atoms with Gasteiger partial charge < -0.3 is 5.11 Å². The molecule has 0 saturated heterocycles. The molecule has 1 atom stereocenters. The van der Waals surface area contributed by atoms with Gasteiger partial charge in [0.1, 0.15) is 5.56 Å². The summed E-state index contributed by atoms with van der Waals surface area (Å²) in [6.07, 6.45) is 1.65. The molecular weight excluding hydrogens is 139 g/mol. The molecule has 0 amide bonds. The monoisotopic (exact) mass is 147 g/mol. The minimum absolute atomic E-state index is 0. The Morgan fingerprint density at radius 2 is 2.14 bits per heavy atom. The van der Waals surface area contributed by atoms with Crippen molar-refractivity contribution in [3.05, 3.63) is 0 Å². The van der Waals surface area contributed by atoms with Crippen molar-refractivity contribution < 1.29 is 5.11 Å². The molecule has 1 N–H and O–H groups in total. The van der Waals surface area contributed by atoms with Gasteiger partial charge in [0.25, 0.3) is 0 Å². The van der Waals surface area contributed by atoms with Gasteiger partial charge in [-0.3, -0.25) is 0 Å². The number of aliphatic hydroxyl groups excluding tert-OH is 1. The van der Waals surface area contributed by atoms with Crippen molar-refractivity contribution in [2.24, 2.45) is 0 Å². The maximum absolute atomic E-state index is 8.32. The maximum Gasteiger partial charge on any atom is 0.128 e. The summed E-state index contributed by atoms with van der Waals surface area (Å²) in [5, 5.41) is 8.32. The van der Waals surface area contributed by atoms with Crippen molar-refractivity contribution in [3.8, 4) is 0 Å². The number of rotatable bonds is 2. The molecule has 0 aromatic heterocycles. The summed E-state index contributed by atoms with van der Waals surface area (Å²) in [6.45, 7) is 1.98. The van der Waals surface area contributed by atoms with Crippen molar-refractivity contribution >= 4 is 63.0 Å². The average molecular weight is 148 g/mol. The van der Waals surface area contributed by atoms with Gasteiger partial charge in [0.15, 0.2) is 0 Å². The van der Waals surface area contributed by atoms with Gasteiger partial charge in [-0.25, -0.2) is 0 Å². The van der Waals surface area contributed by atoms with E-state index in [1.165, 1.54) is 0 Å². The molecule has 1 unspecified atom stereocenters. The first-order valence-corrected chi connectivity index (χ1v) is 2.53. The Hall–Kier alpha value is 1.89. The van der Waals surface area contributed by atoms with E-state index in [-0.39, 0.29) is 51.4 Å². The molecule has 7 heavy (non-hydrogen) atoms. The fraction of sp³-hybridized carbons (Fsp3) is 1.00. The van der Waals surface area contributed by atoms with Crippen LogP contribution in [-0.4, -0.2) is 62.1 Å². The molecule has 0 heterocycles. The van der Waals surface area contributed by atoms with E-state index in [2.05, 4.69) is 0 Å². The van der Waals surface area contributed by atoms with Crippen LogP contribution in [0.4, 0.5) is 0 Å². The molecule has 0 aromatic carbocycles. The molecule has 0 aliphatic heterocycles. The van der Waals surface area contributed by atoms with Gasteiger partial charge in [-0.05, 0) is 6.42 Å². The average Bonchev–Trinajstić information content (AvgIpc) is 1.35. The van der Waals surface area contributed by atoms with Crippen LogP contribution in [0.25, 0.3) is 0 Å². The minimum Gasteiger partial charge on any atom is -0.378 e. The molecule has 39 valence electrons. The topological polar surface area (TPSA) is 20.2 Å². The molecule has 0 fully saturated rings. The summed E-state index contributed by atoms with van der Waals surface area (Å²) in [5.74, 6) is 0. The van der Waals surface area contributed by atoms with Crippen molar-refractivity contribution in [3.63, 3.8) is 0 Å². The van der Waals surface area contributed by atoms with Crippen LogP contribution in [0.2, 0.25) is 0 Å². The van der Waals surface area contributed by atoms with Crippen molar-refractivity contribution in [2.75, 3.05) is 0 Å². The molecule has 1 radical (unpaired) electrons. The second-order valence-electron chi connectivity index (χ2n) is 1.22. The molecule has 0 aromatic rings. The van der Waals surface area contributed by atoms with Crippen LogP contribution >= 0.6 is 11.6 Å². The molecular formula is C4H9ClKO. The normalized spacial score (nSPS) is 12.4. The van der Waals surface area contributed by atoms with Crippen LogP contribution < -0.4 is 0 Å². The number of halogens is 1. The number of alkyl halides is 1. The first-order chi connectivity index (χ1) is 2.77. The second-order valence-corrected chi connectivity index (χ2v) is 1.73. The molecule has 0 aliphatic rings. The molecule has 0 saturated carbocycles. The third-order valence-corrected chi connectivity index (χ3v) is 0.745. The Morgan fingerprint density at radius 1 is 1.71 bits per heavy atom. The van der Waals surface area contributed by atoms with E-state index in [0.717, 1.165) is 6.42 Å². The van der Waals surface area contributed by atoms with Crippen LogP contribution in [0.3, 0.4) is 0 Å². The van der Waals surface area contributed by atoms with Crippen LogP contribution in [0.15, 0.2) is 0 Å². The standard InChI is InChI=1S/C4H9ClO.K/c1-2-3-4(5)6;/h4,6H,2-3H2,1H3;. The van der Waals surface area contributed by atoms with Gasteiger partial charge in [-0.15, -0.1) is 0 Å². The number of aliphatic hydroxyl groups is 1. The summed E-state index contributed by atoms with van der Waals surface area (Å²) in [4.78, 5) is 0. The van der Waals surface area contributed by atoms with Gasteiger partial charge in [0.2, 0.25) is 0 Å². The smallest absolute Gasteiger partial charge is 0.128 e. The van der Waals surface area contributed by atoms with E-state index < -0.39 is 5.56 Å². The summed E-state index contributed by atoms with van der Waals surface area (Å²) in [6, 6.07) is 0. The number of hydrogen-bond donors (Lipinski definition) is 1. The van der Waals surface area contributed by atoms with E-state index in [0.29, 0.717) is 6.42 Å². The summed E-state index contributed by atoms with van der Waals surface area (Å²) in [5.41, 5.74) is -0.630. The molecule has 3 heteroatoms. The van der Waals surface area contributed by atoms with E-state index in [9.17, 15) is 0 Å². The van der Waals surface area contributed by atoms with Gasteiger partial charge in [0, 0.05) is 51.4 Å². The Morgan fingerprint density at radius 3 is 2.14 bits per heavy atom. The van der Waals surface area contributed by atoms with Gasteiger partial charge in [0.05, 0.1) is 0 Å². The van der Waals surface area contributed by atoms with Crippen molar-refractivity contribution in [1.82, 2.24) is 0 Å². The van der Waals surface area contributed by atoms with Crippen LogP contribution in [0.1, 0.15) is 19.8 Å². The Labute approximate surface area is 91.9 Å². The van der Waals surface area contributed by atoms with Crippen LogP contribution in [-0.2, 0) is 0 Å². The second kappa shape index (κ2) is 7.89. The van der Waals surface area contributed by atoms with E-state index in [4.69, 9.17) is 16.7 Å². The fourth-order valence-corrected chi connectivity index (χ4v) is 0.456. The van der Waals surface area contributed by atoms with E-state index >= 15 is 0 Å². The van der Waals surface area contributed by atoms with Crippen LogP contribution in [0, 0.1) is 0 Å². The Kier molecular flexibility index (Phi) is 13.1. The first-order valence-electron chi connectivity index (χ1n) is 2.09. The zero-order valence-electron chi connectivity index (χ0n) is 4.82. The van der Waals surface area contributed by atoms with E-state index in [1.54, 1.807) is 0 Å². The molecule has 1 nitrogen and oxygen atoms in total. The number of hydrogen-bond acceptors (Lipinski definition) is 1. The Balaban J connectivity index is 0. The predicted octanol–water partition coefficient (Wildman–Crippen LogP) is 0.963. The van der Waals surface area contributed by atoms with E-state index in [1.807, 2.05) is 6.92 Å². The minimum atomic E-state index is -0.630. The fourth-order valence-electron chi connectivity index (χ4n) is 0.238. The SMILES string of the molecule is CCCC(O)Cl.[K]. The first kappa shape index (κ1) is 11.7. The quantitative estimate of drug-likeness (QED) is 0.456. The summed E-state index contributed by atoms with van der Waals surface area (Å²) >= 11 is 5.13. The Bertz CT molecular complexity index is 32.9. The van der Waals surface area contributed by atoms with Crippen LogP contribution in [0.5, 0.6) is 0 Å². The largest absolute Gasteiger partial charge is 0.378 e. The van der Waals surface area contributed by atoms with Gasteiger partial charge in [-0.2, -0.15) is 0 Å². The maximum atomic E-state index is 8.32. The third-order valence-electron chi connectivity index (χ3n) is 0.527. The zero-order chi connectivity index (χ0) is 4.99. The van der Waals surface area contributed by atoms with Crippen molar-refractivity contribution in [1.29, 1.82) is 0 Å². The third kappa shape index (κ3) is 11.4. The molecule has 0 bridgehead atoms. The van der Waals surface area contributed by atoms with Crippen molar-refractivity contribution in [2.45, 2.75) is 25.3 Å². The molecule has 0 rings (SSSR count). The predicted molar refractivity (Wildman–Crippen MR) is 32.5 cm³/mol. The van der Waals surface area contributed by atoms with Gasteiger partial charge >= 0.3 is 0 Å². The summed E-state index contributed by atoms with van der Waals surface area (Å²) < 4.78 is 0. The summed E-state index contributed by atoms with van der Waals surface area (Å²) in [7, 11) is 0. The molecule has 0 aliphatic carbocycles. The van der Waals surface area contributed by atoms with Gasteiger partial charge in [-0.1, -0.05) is 24.9 Å².